The van der Waals surface area contributed by atoms with Crippen LogP contribution in [0.15, 0.2) is 0 Å². The van der Waals surface area contributed by atoms with Gasteiger partial charge < -0.3 is 15.8 Å². The first-order chi connectivity index (χ1) is 9.67. The van der Waals surface area contributed by atoms with Gasteiger partial charge in [0.15, 0.2) is 0 Å². The van der Waals surface area contributed by atoms with E-state index < -0.39 is 0 Å². The smallest absolute Gasteiger partial charge is 0.148 e. The van der Waals surface area contributed by atoms with Gasteiger partial charge in [-0.25, -0.2) is 15.8 Å². The maximum Gasteiger partial charge on any atom is 0.148 e. The van der Waals surface area contributed by atoms with Crippen molar-refractivity contribution in [2.24, 2.45) is 11.3 Å². The van der Waals surface area contributed by atoms with E-state index in [9.17, 15) is 0 Å². The first kappa shape index (κ1) is 13.6. The Balaban J connectivity index is 1.75. The summed E-state index contributed by atoms with van der Waals surface area (Å²) in [7, 11) is 0. The van der Waals surface area contributed by atoms with Gasteiger partial charge in [-0.2, -0.15) is 0 Å². The van der Waals surface area contributed by atoms with Crippen molar-refractivity contribution < 1.29 is 5.11 Å². The fraction of sp³-hybridized carbons (Fsp3) is 0.714. The molecule has 0 bridgehead atoms. The monoisotopic (exact) mass is 277 g/mol. The predicted molar refractivity (Wildman–Crippen MR) is 78.4 cm³/mol. The summed E-state index contributed by atoms with van der Waals surface area (Å²) in [6.07, 6.45) is 5.56. The minimum Gasteiger partial charge on any atom is -0.396 e. The van der Waals surface area contributed by atoms with E-state index in [2.05, 4.69) is 20.7 Å². The molecule has 0 unspecified atom stereocenters. The molecular weight excluding hydrogens is 254 g/mol. The van der Waals surface area contributed by atoms with Crippen LogP contribution in [0, 0.1) is 12.3 Å². The van der Waals surface area contributed by atoms with Crippen molar-refractivity contribution in [3.05, 3.63) is 11.4 Å². The molecule has 0 aliphatic heterocycles. The average Bonchev–Trinajstić information content (AvgIpc) is 3.33. The Kier molecular flexibility index (Phi) is 3.52. The number of nitrogens with one attached hydrogen (secondary N) is 2. The molecule has 1 aromatic heterocycles. The fourth-order valence-electron chi connectivity index (χ4n) is 2.57. The van der Waals surface area contributed by atoms with Crippen molar-refractivity contribution in [2.45, 2.75) is 44.9 Å². The maximum atomic E-state index is 9.12. The van der Waals surface area contributed by atoms with Crippen LogP contribution in [0.25, 0.3) is 0 Å². The lowest BCUT2D eigenvalue weighted by Crippen LogP contribution is -2.20. The minimum atomic E-state index is 0.257. The zero-order valence-electron chi connectivity index (χ0n) is 11.9. The highest BCUT2D eigenvalue weighted by molar-refractivity contribution is 5.57. The highest BCUT2D eigenvalue weighted by Crippen LogP contribution is 2.48. The number of anilines is 2. The molecule has 0 amide bonds. The second-order valence-electron chi connectivity index (χ2n) is 6.15. The summed E-state index contributed by atoms with van der Waals surface area (Å²) in [5.74, 6) is 8.51. The van der Waals surface area contributed by atoms with E-state index in [0.29, 0.717) is 11.7 Å². The van der Waals surface area contributed by atoms with Crippen LogP contribution in [0.3, 0.4) is 0 Å². The molecule has 1 heterocycles. The molecule has 20 heavy (non-hydrogen) atoms. The van der Waals surface area contributed by atoms with Crippen LogP contribution in [-0.2, 0) is 0 Å². The van der Waals surface area contributed by atoms with E-state index in [0.717, 1.165) is 30.2 Å². The maximum absolute atomic E-state index is 9.12. The van der Waals surface area contributed by atoms with E-state index >= 15 is 0 Å². The van der Waals surface area contributed by atoms with Gasteiger partial charge in [-0.3, -0.25) is 0 Å². The number of aromatic nitrogens is 2. The molecule has 2 aliphatic carbocycles. The normalized spacial score (nSPS) is 19.8. The largest absolute Gasteiger partial charge is 0.396 e. The third kappa shape index (κ3) is 2.71. The van der Waals surface area contributed by atoms with E-state index in [4.69, 9.17) is 10.9 Å². The molecule has 0 aromatic carbocycles. The average molecular weight is 277 g/mol. The van der Waals surface area contributed by atoms with Crippen LogP contribution < -0.4 is 16.6 Å². The van der Waals surface area contributed by atoms with Gasteiger partial charge in [-0.05, 0) is 44.4 Å². The molecule has 0 radical (unpaired) electrons. The van der Waals surface area contributed by atoms with Gasteiger partial charge in [-0.1, -0.05) is 0 Å². The molecule has 6 heteroatoms. The second kappa shape index (κ2) is 5.18. The lowest BCUT2D eigenvalue weighted by molar-refractivity contribution is 0.253. The summed E-state index contributed by atoms with van der Waals surface area (Å²) < 4.78 is 0. The Morgan fingerprint density at radius 3 is 2.55 bits per heavy atom. The van der Waals surface area contributed by atoms with E-state index in [1.54, 1.807) is 0 Å². The van der Waals surface area contributed by atoms with Crippen molar-refractivity contribution >= 4 is 11.6 Å². The van der Waals surface area contributed by atoms with Gasteiger partial charge in [0, 0.05) is 24.6 Å². The number of aliphatic hydroxyl groups is 1. The first-order valence-corrected chi connectivity index (χ1v) is 7.37. The highest BCUT2D eigenvalue weighted by Gasteiger charge is 2.41. The summed E-state index contributed by atoms with van der Waals surface area (Å²) in [4.78, 5) is 9.14. The van der Waals surface area contributed by atoms with Gasteiger partial charge >= 0.3 is 0 Å². The Hall–Kier alpha value is -1.40. The summed E-state index contributed by atoms with van der Waals surface area (Å²) in [5.41, 5.74) is 3.89. The van der Waals surface area contributed by atoms with Gasteiger partial charge in [0.2, 0.25) is 0 Å². The number of nitrogen functional groups attached to an aromatic ring is 1. The van der Waals surface area contributed by atoms with Crippen molar-refractivity contribution in [1.29, 1.82) is 0 Å². The number of aliphatic hydroxyl groups excluding tert-OH is 1. The summed E-state index contributed by atoms with van der Waals surface area (Å²) in [6, 6.07) is 0. The molecule has 1 aromatic rings. The Morgan fingerprint density at radius 1 is 1.30 bits per heavy atom. The summed E-state index contributed by atoms with van der Waals surface area (Å²) >= 11 is 0. The van der Waals surface area contributed by atoms with Crippen LogP contribution in [0.4, 0.5) is 11.6 Å². The molecule has 5 N–H and O–H groups in total. The van der Waals surface area contributed by atoms with E-state index in [1.807, 2.05) is 6.92 Å². The Labute approximate surface area is 119 Å². The van der Waals surface area contributed by atoms with Crippen molar-refractivity contribution in [2.75, 3.05) is 23.9 Å². The summed E-state index contributed by atoms with van der Waals surface area (Å²) in [6.45, 7) is 3.09. The molecule has 3 rings (SSSR count). The zero-order valence-corrected chi connectivity index (χ0v) is 11.9. The molecule has 0 atom stereocenters. The summed E-state index contributed by atoms with van der Waals surface area (Å²) in [5, 5.41) is 12.6. The Bertz CT molecular complexity index is 497. The molecule has 110 valence electrons. The standard InChI is InChI=1S/C14H23N5O/c1-9-11(16-8-14(4-5-14)6-7-20)17-13(10-2-3-10)18-12(9)19-15/h10,20H,2-8,15H2,1H3,(H2,16,17,18,19). The number of nitrogens with zero attached hydrogens (tertiary/aromatic N) is 2. The third-order valence-electron chi connectivity index (χ3n) is 4.47. The number of nitrogens with two attached hydrogens (primary N) is 1. The van der Waals surface area contributed by atoms with Gasteiger partial charge in [0.1, 0.15) is 17.5 Å². The van der Waals surface area contributed by atoms with Gasteiger partial charge in [0.05, 0.1) is 0 Å². The molecule has 2 saturated carbocycles. The fourth-order valence-corrected chi connectivity index (χ4v) is 2.57. The van der Waals surface area contributed by atoms with Crippen molar-refractivity contribution in [3.8, 4) is 0 Å². The predicted octanol–water partition coefficient (Wildman–Crippen LogP) is 1.52. The Morgan fingerprint density at radius 2 is 2.00 bits per heavy atom. The quantitative estimate of drug-likeness (QED) is 0.446. The lowest BCUT2D eigenvalue weighted by Gasteiger charge is -2.18. The molecular formula is C14H23N5O. The third-order valence-corrected chi connectivity index (χ3v) is 4.47. The van der Waals surface area contributed by atoms with Crippen LogP contribution in [0.5, 0.6) is 0 Å². The SMILES string of the molecule is Cc1c(NN)nc(C2CC2)nc1NCC1(CCO)CC1. The van der Waals surface area contributed by atoms with Gasteiger partial charge in [-0.15, -0.1) is 0 Å². The zero-order chi connectivity index (χ0) is 14.2. The van der Waals surface area contributed by atoms with Crippen LogP contribution in [-0.4, -0.2) is 28.2 Å². The lowest BCUT2D eigenvalue weighted by atomic mass is 10.0. The number of rotatable bonds is 7. The second-order valence-corrected chi connectivity index (χ2v) is 6.15. The van der Waals surface area contributed by atoms with Crippen LogP contribution >= 0.6 is 0 Å². The molecule has 2 aliphatic rings. The number of hydrogen-bond acceptors (Lipinski definition) is 6. The molecule has 6 nitrogen and oxygen atoms in total. The number of hydrazine groups is 1. The van der Waals surface area contributed by atoms with E-state index in [1.165, 1.54) is 25.7 Å². The minimum absolute atomic E-state index is 0.257. The highest BCUT2D eigenvalue weighted by atomic mass is 16.3. The molecule has 0 saturated heterocycles. The topological polar surface area (TPSA) is 96.1 Å². The van der Waals surface area contributed by atoms with Gasteiger partial charge in [0.25, 0.3) is 0 Å². The first-order valence-electron chi connectivity index (χ1n) is 7.37. The van der Waals surface area contributed by atoms with E-state index in [-0.39, 0.29) is 12.0 Å². The van der Waals surface area contributed by atoms with Crippen molar-refractivity contribution in [3.63, 3.8) is 0 Å². The molecule has 0 spiro atoms. The molecule has 2 fully saturated rings. The van der Waals surface area contributed by atoms with Crippen molar-refractivity contribution in [1.82, 2.24) is 9.97 Å². The van der Waals surface area contributed by atoms with Crippen LogP contribution in [0.1, 0.15) is 49.4 Å². The number of hydrogen-bond donors (Lipinski definition) is 4. The van der Waals surface area contributed by atoms with Crippen LogP contribution in [0.2, 0.25) is 0 Å².